The van der Waals surface area contributed by atoms with Gasteiger partial charge in [-0.25, -0.2) is 0 Å². The minimum Gasteiger partial charge on any atom is -0.490 e. The van der Waals surface area contributed by atoms with Crippen LogP contribution in [0.5, 0.6) is 5.75 Å². The standard InChI is InChI=1S/C10H13NO6/c1-17-9-3-2-6(4-7(9)11(15)16)10(14)8(13)5-12/h2-4,8,10,12-14H,5H2,1H3. The van der Waals surface area contributed by atoms with Crippen LogP contribution in [-0.2, 0) is 0 Å². The van der Waals surface area contributed by atoms with E-state index in [9.17, 15) is 20.3 Å². The van der Waals surface area contributed by atoms with Gasteiger partial charge in [0.05, 0.1) is 18.6 Å². The molecule has 0 spiro atoms. The number of aliphatic hydroxyl groups excluding tert-OH is 3. The predicted molar refractivity (Wildman–Crippen MR) is 57.7 cm³/mol. The molecule has 1 aromatic rings. The second-order valence-corrected chi connectivity index (χ2v) is 3.38. The number of nitro groups is 1. The Balaban J connectivity index is 3.12. The van der Waals surface area contributed by atoms with Gasteiger partial charge in [-0.2, -0.15) is 0 Å². The van der Waals surface area contributed by atoms with Gasteiger partial charge in [-0.3, -0.25) is 10.1 Å². The molecule has 17 heavy (non-hydrogen) atoms. The number of aliphatic hydroxyl groups is 3. The number of methoxy groups -OCH3 is 1. The van der Waals surface area contributed by atoms with Gasteiger partial charge in [-0.05, 0) is 11.6 Å². The third-order valence-electron chi connectivity index (χ3n) is 2.29. The Labute approximate surface area is 97.0 Å². The smallest absolute Gasteiger partial charge is 0.311 e. The number of benzene rings is 1. The lowest BCUT2D eigenvalue weighted by molar-refractivity contribution is -0.385. The summed E-state index contributed by atoms with van der Waals surface area (Å²) in [4.78, 5) is 10.1. The zero-order valence-electron chi connectivity index (χ0n) is 9.11. The summed E-state index contributed by atoms with van der Waals surface area (Å²) in [6.07, 6.45) is -2.77. The molecule has 94 valence electrons. The Bertz CT molecular complexity index is 408. The van der Waals surface area contributed by atoms with Gasteiger partial charge < -0.3 is 20.1 Å². The van der Waals surface area contributed by atoms with Crippen LogP contribution < -0.4 is 4.74 Å². The van der Waals surface area contributed by atoms with Crippen molar-refractivity contribution in [2.45, 2.75) is 12.2 Å². The first-order valence-electron chi connectivity index (χ1n) is 4.80. The summed E-state index contributed by atoms with van der Waals surface area (Å²) >= 11 is 0. The molecule has 0 aliphatic heterocycles. The molecule has 0 aliphatic rings. The minimum absolute atomic E-state index is 0.0597. The second-order valence-electron chi connectivity index (χ2n) is 3.38. The first kappa shape index (κ1) is 13.4. The van der Waals surface area contributed by atoms with Crippen molar-refractivity contribution >= 4 is 5.69 Å². The van der Waals surface area contributed by atoms with Crippen LogP contribution >= 0.6 is 0 Å². The van der Waals surface area contributed by atoms with E-state index in [-0.39, 0.29) is 17.0 Å². The highest BCUT2D eigenvalue weighted by Crippen LogP contribution is 2.30. The number of hydrogen-bond donors (Lipinski definition) is 3. The van der Waals surface area contributed by atoms with Gasteiger partial charge >= 0.3 is 5.69 Å². The molecule has 0 saturated heterocycles. The number of nitrogens with zero attached hydrogens (tertiary/aromatic N) is 1. The van der Waals surface area contributed by atoms with E-state index in [1.807, 2.05) is 0 Å². The normalized spacial score (nSPS) is 14.1. The quantitative estimate of drug-likeness (QED) is 0.495. The maximum Gasteiger partial charge on any atom is 0.311 e. The molecule has 0 aromatic heterocycles. The van der Waals surface area contributed by atoms with Gasteiger partial charge in [0.25, 0.3) is 0 Å². The van der Waals surface area contributed by atoms with Crippen molar-refractivity contribution in [3.05, 3.63) is 33.9 Å². The molecule has 0 saturated carbocycles. The summed E-state index contributed by atoms with van der Waals surface area (Å²) in [6.45, 7) is -0.638. The lowest BCUT2D eigenvalue weighted by atomic mass is 10.0. The Kier molecular flexibility index (Phi) is 4.38. The van der Waals surface area contributed by atoms with Gasteiger partial charge in [-0.1, -0.05) is 6.07 Å². The van der Waals surface area contributed by atoms with Crippen LogP contribution in [-0.4, -0.2) is 40.1 Å². The number of hydrogen-bond acceptors (Lipinski definition) is 6. The van der Waals surface area contributed by atoms with E-state index in [1.54, 1.807) is 0 Å². The van der Waals surface area contributed by atoms with Crippen molar-refractivity contribution in [2.24, 2.45) is 0 Å². The summed E-state index contributed by atoms with van der Waals surface area (Å²) in [5.74, 6) is 0.0597. The van der Waals surface area contributed by atoms with Gasteiger partial charge in [0.1, 0.15) is 12.2 Å². The number of rotatable bonds is 5. The van der Waals surface area contributed by atoms with Crippen LogP contribution in [0.1, 0.15) is 11.7 Å². The van der Waals surface area contributed by atoms with Crippen molar-refractivity contribution in [1.82, 2.24) is 0 Å². The van der Waals surface area contributed by atoms with Crippen molar-refractivity contribution in [3.8, 4) is 5.75 Å². The fourth-order valence-corrected chi connectivity index (χ4v) is 1.36. The molecule has 2 unspecified atom stereocenters. The van der Waals surface area contributed by atoms with Crippen LogP contribution in [0.4, 0.5) is 5.69 Å². The van der Waals surface area contributed by atoms with E-state index < -0.39 is 23.7 Å². The molecular formula is C10H13NO6. The molecule has 2 atom stereocenters. The highest BCUT2D eigenvalue weighted by Gasteiger charge is 2.22. The van der Waals surface area contributed by atoms with Gasteiger partial charge in [0, 0.05) is 6.07 Å². The molecule has 0 radical (unpaired) electrons. The van der Waals surface area contributed by atoms with E-state index in [1.165, 1.54) is 19.2 Å². The second kappa shape index (κ2) is 5.58. The lowest BCUT2D eigenvalue weighted by Crippen LogP contribution is -2.22. The highest BCUT2D eigenvalue weighted by molar-refractivity contribution is 5.49. The maximum atomic E-state index is 10.7. The molecule has 3 N–H and O–H groups in total. The van der Waals surface area contributed by atoms with Crippen molar-refractivity contribution in [3.63, 3.8) is 0 Å². The third kappa shape index (κ3) is 2.90. The average molecular weight is 243 g/mol. The zero-order chi connectivity index (χ0) is 13.0. The zero-order valence-corrected chi connectivity index (χ0v) is 9.11. The Hall–Kier alpha value is -1.70. The van der Waals surface area contributed by atoms with E-state index in [4.69, 9.17) is 9.84 Å². The molecule has 1 rings (SSSR count). The van der Waals surface area contributed by atoms with E-state index in [0.29, 0.717) is 0 Å². The summed E-state index contributed by atoms with van der Waals surface area (Å²) in [5, 5.41) is 38.2. The monoisotopic (exact) mass is 243 g/mol. The summed E-state index contributed by atoms with van der Waals surface area (Å²) in [7, 11) is 1.29. The van der Waals surface area contributed by atoms with Crippen LogP contribution in [0.3, 0.4) is 0 Å². The van der Waals surface area contributed by atoms with Crippen LogP contribution in [0, 0.1) is 10.1 Å². The maximum absolute atomic E-state index is 10.7. The molecule has 0 amide bonds. The van der Waals surface area contributed by atoms with E-state index >= 15 is 0 Å². The molecule has 7 nitrogen and oxygen atoms in total. The van der Waals surface area contributed by atoms with E-state index in [0.717, 1.165) is 6.07 Å². The van der Waals surface area contributed by atoms with Gasteiger partial charge in [0.15, 0.2) is 5.75 Å². The summed E-state index contributed by atoms with van der Waals surface area (Å²) in [6, 6.07) is 3.80. The van der Waals surface area contributed by atoms with Crippen molar-refractivity contribution in [2.75, 3.05) is 13.7 Å². The topological polar surface area (TPSA) is 113 Å². The highest BCUT2D eigenvalue weighted by atomic mass is 16.6. The molecule has 0 heterocycles. The molecule has 0 bridgehead atoms. The molecule has 1 aromatic carbocycles. The summed E-state index contributed by atoms with van der Waals surface area (Å²) < 4.78 is 4.79. The minimum atomic E-state index is -1.39. The molecule has 0 fully saturated rings. The molecule has 7 heteroatoms. The average Bonchev–Trinajstić information content (AvgIpc) is 2.35. The van der Waals surface area contributed by atoms with E-state index in [2.05, 4.69) is 0 Å². The van der Waals surface area contributed by atoms with Gasteiger partial charge in [-0.15, -0.1) is 0 Å². The van der Waals surface area contributed by atoms with Crippen molar-refractivity contribution in [1.29, 1.82) is 0 Å². The third-order valence-corrected chi connectivity index (χ3v) is 2.29. The number of ether oxygens (including phenoxy) is 1. The predicted octanol–water partition coefficient (Wildman–Crippen LogP) is -0.0100. The fraction of sp³-hybridized carbons (Fsp3) is 0.400. The first-order valence-corrected chi connectivity index (χ1v) is 4.80. The summed E-state index contributed by atoms with van der Waals surface area (Å²) in [5.41, 5.74) is -0.173. The van der Waals surface area contributed by atoms with Gasteiger partial charge in [0.2, 0.25) is 0 Å². The first-order chi connectivity index (χ1) is 8.01. The number of nitro benzene ring substituents is 1. The van der Waals surface area contributed by atoms with Crippen LogP contribution in [0.15, 0.2) is 18.2 Å². The fourth-order valence-electron chi connectivity index (χ4n) is 1.36. The van der Waals surface area contributed by atoms with Crippen LogP contribution in [0.25, 0.3) is 0 Å². The Morgan fingerprint density at radius 3 is 2.59 bits per heavy atom. The Morgan fingerprint density at radius 1 is 1.47 bits per heavy atom. The lowest BCUT2D eigenvalue weighted by Gasteiger charge is -2.16. The van der Waals surface area contributed by atoms with Crippen LogP contribution in [0.2, 0.25) is 0 Å². The SMILES string of the molecule is COc1ccc(C(O)C(O)CO)cc1[N+](=O)[O-]. The Morgan fingerprint density at radius 2 is 2.12 bits per heavy atom. The molecular weight excluding hydrogens is 230 g/mol. The molecule has 0 aliphatic carbocycles. The van der Waals surface area contributed by atoms with Crippen molar-refractivity contribution < 1.29 is 25.0 Å². The largest absolute Gasteiger partial charge is 0.490 e.